The van der Waals surface area contributed by atoms with E-state index >= 15 is 0 Å². The van der Waals surface area contributed by atoms with E-state index in [1.54, 1.807) is 0 Å². The Kier molecular flexibility index (Phi) is 24.8. The van der Waals surface area contributed by atoms with Crippen LogP contribution in [0.3, 0.4) is 0 Å². The molecule has 0 saturated heterocycles. The predicted octanol–water partition coefficient (Wildman–Crippen LogP) is -4.20. The van der Waals surface area contributed by atoms with Gasteiger partial charge in [-0.3, -0.25) is 0 Å². The molecule has 5 nitrogen and oxygen atoms in total. The summed E-state index contributed by atoms with van der Waals surface area (Å²) in [5.74, 6) is 0. The van der Waals surface area contributed by atoms with Crippen molar-refractivity contribution in [3.8, 4) is 0 Å². The molecular weight excluding hydrogens is 175 g/mol. The van der Waals surface area contributed by atoms with Crippen molar-refractivity contribution in [1.82, 2.24) is 0 Å². The zero-order valence-corrected chi connectivity index (χ0v) is 8.44. The van der Waals surface area contributed by atoms with E-state index < -0.39 is 9.05 Å². The zero-order chi connectivity index (χ0) is 4.50. The summed E-state index contributed by atoms with van der Waals surface area (Å²) in [6.07, 6.45) is 0. The van der Waals surface area contributed by atoms with Crippen molar-refractivity contribution >= 4 is 64.1 Å². The molecule has 6 N–H and O–H groups in total. The third kappa shape index (κ3) is 111. The van der Waals surface area contributed by atoms with Crippen LogP contribution in [0.5, 0.6) is 0 Å². The van der Waals surface area contributed by atoms with Crippen LogP contribution in [0.1, 0.15) is 0 Å². The fraction of sp³-hybridized carbons (Fsp3) is 0. The molecule has 0 heterocycles. The van der Waals surface area contributed by atoms with Crippen LogP contribution in [0.4, 0.5) is 0 Å². The molecule has 0 aliphatic heterocycles. The van der Waals surface area contributed by atoms with Crippen molar-refractivity contribution in [1.29, 1.82) is 0 Å². The molecule has 0 aromatic heterocycles. The van der Waals surface area contributed by atoms with E-state index in [4.69, 9.17) is 19.2 Å². The van der Waals surface area contributed by atoms with Gasteiger partial charge in [0, 0.05) is 0 Å². The Balaban J connectivity index is -0.0000000267. The largest absolute Gasteiger partial charge is 3.00 e. The predicted molar refractivity (Wildman–Crippen MR) is 29.8 cm³/mol. The van der Waals surface area contributed by atoms with Crippen LogP contribution in [0.15, 0.2) is 0 Å². The molecule has 40 valence electrons. The summed E-state index contributed by atoms with van der Waals surface area (Å²) >= 11 is 0. The second kappa shape index (κ2) is 8.81. The molecule has 0 bridgehead atoms. The van der Waals surface area contributed by atoms with Gasteiger partial charge in [-0.25, -0.2) is 0 Å². The fourth-order valence-electron chi connectivity index (χ4n) is 0. The minimum absolute atomic E-state index is 0. The Labute approximate surface area is 87.9 Å². The van der Waals surface area contributed by atoms with Crippen LogP contribution in [-0.2, 0) is 0 Å². The third-order valence-corrected chi connectivity index (χ3v) is 0. The van der Waals surface area contributed by atoms with Crippen LogP contribution >= 0.6 is 0 Å². The molecule has 0 spiro atoms. The van der Waals surface area contributed by atoms with Crippen LogP contribution in [0.2, 0.25) is 0 Å². The van der Waals surface area contributed by atoms with Crippen molar-refractivity contribution in [3.63, 3.8) is 0 Å². The molecular formula is H6AlCaO5Si+5. The molecule has 0 saturated carbocycles. The van der Waals surface area contributed by atoms with Gasteiger partial charge in [0.25, 0.3) is 0 Å². The average molecular weight is 181 g/mol. The summed E-state index contributed by atoms with van der Waals surface area (Å²) in [5, 5.41) is 0. The summed E-state index contributed by atoms with van der Waals surface area (Å²) in [6, 6.07) is 0. The molecule has 0 aliphatic carbocycles. The molecule has 0 radical (unpaired) electrons. The minimum atomic E-state index is -4.61. The van der Waals surface area contributed by atoms with Crippen LogP contribution in [0, 0.1) is 0 Å². The smallest absolute Gasteiger partial charge is 0.412 e. The van der Waals surface area contributed by atoms with Crippen molar-refractivity contribution < 1.29 is 24.7 Å². The molecule has 0 amide bonds. The molecule has 0 fully saturated rings. The minimum Gasteiger partial charge on any atom is -0.412 e. The maximum absolute atomic E-state index is 7.33. The Morgan fingerprint density at radius 2 is 0.875 bits per heavy atom. The standard InChI is InChI=1S/Al.Ca.H4O4Si.H2O/c;;1-5(2,3)4;/h;;1-4H;1H2/q+3;+2;;. The first-order valence-corrected chi connectivity index (χ1v) is 2.68. The number of rotatable bonds is 0. The Morgan fingerprint density at radius 3 is 0.875 bits per heavy atom. The molecule has 8 heavy (non-hydrogen) atoms. The van der Waals surface area contributed by atoms with E-state index in [-0.39, 0.29) is 60.6 Å². The van der Waals surface area contributed by atoms with E-state index in [1.807, 2.05) is 0 Å². The van der Waals surface area contributed by atoms with Crippen molar-refractivity contribution in [2.75, 3.05) is 0 Å². The van der Waals surface area contributed by atoms with Gasteiger partial charge >= 0.3 is 64.1 Å². The number of hydrogen-bond donors (Lipinski definition) is 4. The fourth-order valence-corrected chi connectivity index (χ4v) is 0. The molecule has 0 aromatic rings. The quantitative estimate of drug-likeness (QED) is 0.284. The Bertz CT molecular complexity index is 27.9. The Morgan fingerprint density at radius 1 is 0.875 bits per heavy atom. The van der Waals surface area contributed by atoms with E-state index in [1.165, 1.54) is 0 Å². The van der Waals surface area contributed by atoms with E-state index in [2.05, 4.69) is 0 Å². The van der Waals surface area contributed by atoms with E-state index in [0.717, 1.165) is 0 Å². The van der Waals surface area contributed by atoms with Gasteiger partial charge < -0.3 is 24.7 Å². The van der Waals surface area contributed by atoms with Gasteiger partial charge in [0.1, 0.15) is 0 Å². The Hall–Kier alpha value is 1.81. The van der Waals surface area contributed by atoms with Gasteiger partial charge in [-0.15, -0.1) is 0 Å². The van der Waals surface area contributed by atoms with Gasteiger partial charge in [-0.05, 0) is 0 Å². The summed E-state index contributed by atoms with van der Waals surface area (Å²) < 4.78 is 0. The van der Waals surface area contributed by atoms with Gasteiger partial charge in [-0.1, -0.05) is 0 Å². The summed E-state index contributed by atoms with van der Waals surface area (Å²) in [7, 11) is -4.61. The second-order valence-electron chi connectivity index (χ2n) is 0.600. The molecule has 8 heteroatoms. The monoisotopic (exact) mass is 181 g/mol. The van der Waals surface area contributed by atoms with Gasteiger partial charge in [0.15, 0.2) is 0 Å². The normalized spacial score (nSPS) is 7.50. The topological polar surface area (TPSA) is 112 Å². The summed E-state index contributed by atoms with van der Waals surface area (Å²) in [5.41, 5.74) is 0. The van der Waals surface area contributed by atoms with Gasteiger partial charge in [0.2, 0.25) is 0 Å². The summed E-state index contributed by atoms with van der Waals surface area (Å²) in [4.78, 5) is 29.3. The first-order chi connectivity index (χ1) is 2.00. The number of hydrogen-bond acceptors (Lipinski definition) is 4. The molecule has 0 aromatic carbocycles. The first kappa shape index (κ1) is 22.6. The van der Waals surface area contributed by atoms with E-state index in [9.17, 15) is 0 Å². The van der Waals surface area contributed by atoms with Crippen molar-refractivity contribution in [2.24, 2.45) is 0 Å². The van der Waals surface area contributed by atoms with Crippen molar-refractivity contribution in [3.05, 3.63) is 0 Å². The average Bonchev–Trinajstić information content (AvgIpc) is 0.722. The maximum atomic E-state index is 7.33. The molecule has 0 atom stereocenters. The van der Waals surface area contributed by atoms with Crippen molar-refractivity contribution in [2.45, 2.75) is 0 Å². The van der Waals surface area contributed by atoms with Gasteiger partial charge in [-0.2, -0.15) is 0 Å². The zero-order valence-electron chi connectivity index (χ0n) is 4.07. The second-order valence-corrected chi connectivity index (χ2v) is 1.80. The van der Waals surface area contributed by atoms with Crippen LogP contribution in [0.25, 0.3) is 0 Å². The van der Waals surface area contributed by atoms with Gasteiger partial charge in [0.05, 0.1) is 0 Å². The molecule has 0 rings (SSSR count). The SMILES string of the molecule is O.O[Si](O)(O)O.[Al+3].[Ca+2]. The van der Waals surface area contributed by atoms with Crippen LogP contribution in [-0.4, -0.2) is 88.8 Å². The van der Waals surface area contributed by atoms with Crippen LogP contribution < -0.4 is 0 Å². The summed E-state index contributed by atoms with van der Waals surface area (Å²) in [6.45, 7) is 0. The third-order valence-electron chi connectivity index (χ3n) is 0. The molecule has 0 unspecified atom stereocenters. The molecule has 0 aliphatic rings. The first-order valence-electron chi connectivity index (χ1n) is 0.894. The maximum Gasteiger partial charge on any atom is 3.00 e. The van der Waals surface area contributed by atoms with E-state index in [0.29, 0.717) is 0 Å².